The van der Waals surface area contributed by atoms with Gasteiger partial charge < -0.3 is 20.1 Å². The lowest BCUT2D eigenvalue weighted by Gasteiger charge is -2.27. The Balaban J connectivity index is 4.37. The molecule has 5 nitrogen and oxygen atoms in total. The van der Waals surface area contributed by atoms with Crippen LogP contribution in [0.1, 0.15) is 26.7 Å². The van der Waals surface area contributed by atoms with Gasteiger partial charge in [0.25, 0.3) is 0 Å². The fourth-order valence-electron chi connectivity index (χ4n) is 1.64. The third kappa shape index (κ3) is 6.33. The molecule has 0 aromatic heterocycles. The number of ether oxygens (including phenoxy) is 2. The highest BCUT2D eigenvalue weighted by Crippen LogP contribution is 2.09. The molecule has 1 amide bonds. The average molecular weight is 260 g/mol. The fraction of sp³-hybridized carbons (Fsp3) is 0.923. The lowest BCUT2D eigenvalue weighted by molar-refractivity contribution is -0.134. The molecule has 0 aliphatic rings. The number of hydrogen-bond donors (Lipinski definition) is 1. The van der Waals surface area contributed by atoms with Crippen molar-refractivity contribution >= 4 is 5.91 Å². The average Bonchev–Trinajstić information content (AvgIpc) is 2.40. The fourth-order valence-corrected chi connectivity index (χ4v) is 1.64. The van der Waals surface area contributed by atoms with Crippen molar-refractivity contribution in [1.82, 2.24) is 4.90 Å². The van der Waals surface area contributed by atoms with Crippen molar-refractivity contribution in [3.8, 4) is 0 Å². The van der Waals surface area contributed by atoms with E-state index in [4.69, 9.17) is 15.2 Å². The van der Waals surface area contributed by atoms with E-state index in [0.717, 1.165) is 12.8 Å². The van der Waals surface area contributed by atoms with Gasteiger partial charge in [-0.25, -0.2) is 0 Å². The second-order valence-corrected chi connectivity index (χ2v) is 4.58. The van der Waals surface area contributed by atoms with E-state index in [1.54, 1.807) is 19.1 Å². The predicted octanol–water partition coefficient (Wildman–Crippen LogP) is 0.871. The van der Waals surface area contributed by atoms with Crippen LogP contribution in [0, 0.1) is 5.92 Å². The van der Waals surface area contributed by atoms with Crippen molar-refractivity contribution in [1.29, 1.82) is 0 Å². The van der Waals surface area contributed by atoms with Crippen LogP contribution < -0.4 is 5.73 Å². The highest BCUT2D eigenvalue weighted by Gasteiger charge is 2.24. The quantitative estimate of drug-likeness (QED) is 0.592. The molecule has 0 heterocycles. The van der Waals surface area contributed by atoms with Crippen LogP contribution in [0.25, 0.3) is 0 Å². The molecule has 18 heavy (non-hydrogen) atoms. The van der Waals surface area contributed by atoms with Crippen LogP contribution >= 0.6 is 0 Å². The van der Waals surface area contributed by atoms with Gasteiger partial charge in [-0.15, -0.1) is 0 Å². The third-order valence-electron chi connectivity index (χ3n) is 3.20. The number of methoxy groups -OCH3 is 2. The van der Waals surface area contributed by atoms with E-state index in [1.165, 1.54) is 0 Å². The molecule has 108 valence electrons. The largest absolute Gasteiger partial charge is 0.385 e. The topological polar surface area (TPSA) is 64.8 Å². The van der Waals surface area contributed by atoms with Gasteiger partial charge in [-0.05, 0) is 12.3 Å². The van der Waals surface area contributed by atoms with Crippen molar-refractivity contribution in [2.45, 2.75) is 32.7 Å². The molecular weight excluding hydrogens is 232 g/mol. The summed E-state index contributed by atoms with van der Waals surface area (Å²) in [7, 11) is 3.29. The maximum atomic E-state index is 12.2. The van der Waals surface area contributed by atoms with Gasteiger partial charge in [-0.1, -0.05) is 20.3 Å². The zero-order chi connectivity index (χ0) is 14.0. The lowest BCUT2D eigenvalue weighted by atomic mass is 9.99. The molecule has 0 spiro atoms. The van der Waals surface area contributed by atoms with Gasteiger partial charge in [0.2, 0.25) is 5.91 Å². The van der Waals surface area contributed by atoms with E-state index in [9.17, 15) is 4.79 Å². The first kappa shape index (κ1) is 17.4. The van der Waals surface area contributed by atoms with Gasteiger partial charge in [0, 0.05) is 33.9 Å². The Hall–Kier alpha value is -0.650. The molecule has 0 bridgehead atoms. The Morgan fingerprint density at radius 1 is 1.22 bits per heavy atom. The highest BCUT2D eigenvalue weighted by atomic mass is 16.5. The number of nitrogens with zero attached hydrogens (tertiary/aromatic N) is 1. The van der Waals surface area contributed by atoms with Gasteiger partial charge in [0.1, 0.15) is 0 Å². The van der Waals surface area contributed by atoms with Crippen molar-refractivity contribution in [3.05, 3.63) is 0 Å². The monoisotopic (exact) mass is 260 g/mol. The standard InChI is InChI=1S/C13H28N2O3/c1-5-11(2)12(14)13(16)15(8-10-18-4)7-6-9-17-3/h11-12H,5-10,14H2,1-4H3. The SMILES string of the molecule is CCC(C)C(N)C(=O)N(CCCOC)CCOC. The summed E-state index contributed by atoms with van der Waals surface area (Å²) in [5, 5.41) is 0. The minimum Gasteiger partial charge on any atom is -0.385 e. The smallest absolute Gasteiger partial charge is 0.239 e. The second-order valence-electron chi connectivity index (χ2n) is 4.58. The van der Waals surface area contributed by atoms with Crippen LogP contribution in [-0.2, 0) is 14.3 Å². The molecule has 0 aromatic rings. The molecule has 0 fully saturated rings. The summed E-state index contributed by atoms with van der Waals surface area (Å²) in [5.74, 6) is 0.211. The van der Waals surface area contributed by atoms with Crippen LogP contribution in [0.3, 0.4) is 0 Å². The molecule has 2 atom stereocenters. The summed E-state index contributed by atoms with van der Waals surface area (Å²) in [6, 6.07) is -0.422. The number of carbonyl (C=O) groups excluding carboxylic acids is 1. The number of carbonyl (C=O) groups is 1. The molecule has 0 saturated heterocycles. The van der Waals surface area contributed by atoms with E-state index in [2.05, 4.69) is 0 Å². The first-order chi connectivity index (χ1) is 8.58. The highest BCUT2D eigenvalue weighted by molar-refractivity contribution is 5.81. The van der Waals surface area contributed by atoms with Crippen molar-refractivity contribution in [3.63, 3.8) is 0 Å². The van der Waals surface area contributed by atoms with Crippen LogP contribution in [0.15, 0.2) is 0 Å². The van der Waals surface area contributed by atoms with Gasteiger partial charge in [0.05, 0.1) is 12.6 Å². The van der Waals surface area contributed by atoms with Crippen LogP contribution in [0.4, 0.5) is 0 Å². The van der Waals surface area contributed by atoms with E-state index in [-0.39, 0.29) is 11.8 Å². The number of hydrogen-bond acceptors (Lipinski definition) is 4. The van der Waals surface area contributed by atoms with Crippen molar-refractivity contribution in [2.24, 2.45) is 11.7 Å². The molecule has 2 N–H and O–H groups in total. The van der Waals surface area contributed by atoms with Crippen LogP contribution in [0.5, 0.6) is 0 Å². The van der Waals surface area contributed by atoms with Crippen molar-refractivity contribution in [2.75, 3.05) is 40.5 Å². The van der Waals surface area contributed by atoms with Crippen LogP contribution in [-0.4, -0.2) is 57.4 Å². The summed E-state index contributed by atoms with van der Waals surface area (Å²) in [6.45, 7) is 6.49. The van der Waals surface area contributed by atoms with Crippen LogP contribution in [0.2, 0.25) is 0 Å². The Morgan fingerprint density at radius 2 is 1.83 bits per heavy atom. The Labute approximate surface area is 111 Å². The maximum Gasteiger partial charge on any atom is 0.239 e. The van der Waals surface area contributed by atoms with E-state index < -0.39 is 6.04 Å². The number of amides is 1. The summed E-state index contributed by atoms with van der Waals surface area (Å²) in [6.07, 6.45) is 1.72. The Kier molecular flexibility index (Phi) is 9.92. The maximum absolute atomic E-state index is 12.2. The molecule has 0 saturated carbocycles. The van der Waals surface area contributed by atoms with Gasteiger partial charge >= 0.3 is 0 Å². The molecule has 0 aromatic carbocycles. The Bertz CT molecular complexity index is 224. The van der Waals surface area contributed by atoms with E-state index in [0.29, 0.717) is 26.3 Å². The summed E-state index contributed by atoms with van der Waals surface area (Å²) in [4.78, 5) is 14.0. The summed E-state index contributed by atoms with van der Waals surface area (Å²) in [5.41, 5.74) is 5.98. The molecule has 0 rings (SSSR count). The molecule has 0 radical (unpaired) electrons. The predicted molar refractivity (Wildman–Crippen MR) is 72.4 cm³/mol. The molecule has 5 heteroatoms. The number of nitrogens with two attached hydrogens (primary N) is 1. The molecule has 2 unspecified atom stereocenters. The Morgan fingerprint density at radius 3 is 2.33 bits per heavy atom. The third-order valence-corrected chi connectivity index (χ3v) is 3.20. The van der Waals surface area contributed by atoms with E-state index in [1.807, 2.05) is 13.8 Å². The first-order valence-electron chi connectivity index (χ1n) is 6.60. The zero-order valence-corrected chi connectivity index (χ0v) is 12.1. The molecular formula is C13H28N2O3. The van der Waals surface area contributed by atoms with Gasteiger partial charge in [-0.3, -0.25) is 4.79 Å². The van der Waals surface area contributed by atoms with Gasteiger partial charge in [0.15, 0.2) is 0 Å². The van der Waals surface area contributed by atoms with E-state index >= 15 is 0 Å². The zero-order valence-electron chi connectivity index (χ0n) is 12.1. The lowest BCUT2D eigenvalue weighted by Crippen LogP contribution is -2.48. The molecule has 0 aliphatic heterocycles. The summed E-state index contributed by atoms with van der Waals surface area (Å²) >= 11 is 0. The summed E-state index contributed by atoms with van der Waals surface area (Å²) < 4.78 is 10.0. The minimum atomic E-state index is -0.422. The minimum absolute atomic E-state index is 0.0116. The van der Waals surface area contributed by atoms with Gasteiger partial charge in [-0.2, -0.15) is 0 Å². The van der Waals surface area contributed by atoms with Crippen molar-refractivity contribution < 1.29 is 14.3 Å². The number of rotatable bonds is 10. The normalized spacial score (nSPS) is 14.3. The first-order valence-corrected chi connectivity index (χ1v) is 6.60. The second kappa shape index (κ2) is 10.3. The molecule has 0 aliphatic carbocycles.